The molecule has 1 aliphatic rings. The van der Waals surface area contributed by atoms with E-state index in [1.54, 1.807) is 0 Å². The Bertz CT molecular complexity index is 3120. The number of hydrogen-bond acceptors (Lipinski definition) is 4. The van der Waals surface area contributed by atoms with Crippen molar-refractivity contribution in [3.63, 3.8) is 0 Å². The second-order valence-corrected chi connectivity index (χ2v) is 15.0. The zero-order valence-corrected chi connectivity index (χ0v) is 30.5. The minimum Gasteiger partial charge on any atom is -0.455 e. The Morgan fingerprint density at radius 3 is 1.98 bits per heavy atom. The fourth-order valence-corrected chi connectivity index (χ4v) is 8.68. The van der Waals surface area contributed by atoms with E-state index >= 15 is 0 Å². The molecule has 0 spiro atoms. The van der Waals surface area contributed by atoms with Gasteiger partial charge in [-0.1, -0.05) is 141 Å². The molecule has 1 aliphatic carbocycles. The van der Waals surface area contributed by atoms with Crippen LogP contribution in [0.25, 0.3) is 77.1 Å². The third-order valence-electron chi connectivity index (χ3n) is 11.5. The molecule has 0 atom stereocenters. The lowest BCUT2D eigenvalue weighted by Gasteiger charge is -2.27. The quantitative estimate of drug-likeness (QED) is 0.179. The second-order valence-electron chi connectivity index (χ2n) is 15.0. The maximum atomic E-state index is 6.75. The molecule has 0 fully saturated rings. The number of aromatic nitrogens is 2. The largest absolute Gasteiger partial charge is 0.455 e. The molecule has 0 N–H and O–H groups in total. The molecule has 11 rings (SSSR count). The highest BCUT2D eigenvalue weighted by atomic mass is 16.3. The van der Waals surface area contributed by atoms with Gasteiger partial charge in [0, 0.05) is 38.5 Å². The summed E-state index contributed by atoms with van der Waals surface area (Å²) in [7, 11) is 0. The van der Waals surface area contributed by atoms with E-state index in [4.69, 9.17) is 14.4 Å². The monoisotopic (exact) mass is 705 g/mol. The van der Waals surface area contributed by atoms with Gasteiger partial charge in [-0.15, -0.1) is 0 Å². The highest BCUT2D eigenvalue weighted by Crippen LogP contribution is 2.51. The number of nitrogens with zero attached hydrogens (tertiary/aromatic N) is 3. The van der Waals surface area contributed by atoms with E-state index in [2.05, 4.69) is 189 Å². The summed E-state index contributed by atoms with van der Waals surface area (Å²) < 4.78 is 6.75. The number of anilines is 3. The molecule has 10 aromatic rings. The summed E-state index contributed by atoms with van der Waals surface area (Å²) in [5.74, 6) is 0.591. The molecule has 2 heterocycles. The fraction of sp³-hybridized carbons (Fsp3) is 0.0588. The Hall–Kier alpha value is -7.04. The van der Waals surface area contributed by atoms with Crippen LogP contribution in [0.1, 0.15) is 25.0 Å². The van der Waals surface area contributed by atoms with E-state index in [1.807, 2.05) is 6.07 Å². The first-order valence-corrected chi connectivity index (χ1v) is 18.8. The van der Waals surface area contributed by atoms with E-state index in [-0.39, 0.29) is 5.41 Å². The number of furan rings is 1. The van der Waals surface area contributed by atoms with Gasteiger partial charge in [0.05, 0.1) is 11.2 Å². The van der Waals surface area contributed by atoms with Crippen LogP contribution in [0.4, 0.5) is 17.3 Å². The minimum atomic E-state index is -0.165. The first-order valence-electron chi connectivity index (χ1n) is 18.8. The molecule has 4 heteroatoms. The fourth-order valence-electron chi connectivity index (χ4n) is 8.68. The van der Waals surface area contributed by atoms with Gasteiger partial charge in [-0.05, 0) is 92.7 Å². The molecule has 260 valence electrons. The normalized spacial score (nSPS) is 13.1. The number of rotatable bonds is 5. The van der Waals surface area contributed by atoms with Crippen LogP contribution in [0.3, 0.4) is 0 Å². The van der Waals surface area contributed by atoms with Crippen molar-refractivity contribution in [2.24, 2.45) is 0 Å². The number of hydrogen-bond donors (Lipinski definition) is 0. The van der Waals surface area contributed by atoms with Gasteiger partial charge in [-0.25, -0.2) is 9.97 Å². The van der Waals surface area contributed by atoms with Crippen LogP contribution < -0.4 is 4.90 Å². The molecule has 0 aliphatic heterocycles. The number of fused-ring (bicyclic) bond motifs is 8. The number of para-hydroxylation sites is 2. The molecule has 0 saturated carbocycles. The zero-order chi connectivity index (χ0) is 36.7. The highest BCUT2D eigenvalue weighted by molar-refractivity contribution is 6.14. The van der Waals surface area contributed by atoms with Gasteiger partial charge in [0.25, 0.3) is 0 Å². The van der Waals surface area contributed by atoms with E-state index in [0.717, 1.165) is 66.4 Å². The molecule has 0 saturated heterocycles. The predicted octanol–water partition coefficient (Wildman–Crippen LogP) is 13.8. The molecule has 8 aromatic carbocycles. The lowest BCUT2D eigenvalue weighted by atomic mass is 9.82. The van der Waals surface area contributed by atoms with Crippen molar-refractivity contribution in [2.75, 3.05) is 4.90 Å². The summed E-state index contributed by atoms with van der Waals surface area (Å²) in [5.41, 5.74) is 13.6. The Balaban J connectivity index is 1.14. The van der Waals surface area contributed by atoms with E-state index < -0.39 is 0 Å². The average molecular weight is 706 g/mol. The van der Waals surface area contributed by atoms with Crippen LogP contribution in [0.2, 0.25) is 0 Å². The topological polar surface area (TPSA) is 42.2 Å². The smallest absolute Gasteiger partial charge is 0.235 e. The Morgan fingerprint density at radius 2 is 1.13 bits per heavy atom. The molecule has 2 aromatic heterocycles. The van der Waals surface area contributed by atoms with Gasteiger partial charge in [0.2, 0.25) is 5.95 Å². The third-order valence-corrected chi connectivity index (χ3v) is 11.5. The molecular weight excluding hydrogens is 671 g/mol. The van der Waals surface area contributed by atoms with Crippen LogP contribution in [0, 0.1) is 0 Å². The van der Waals surface area contributed by atoms with Crippen molar-refractivity contribution in [1.29, 1.82) is 0 Å². The van der Waals surface area contributed by atoms with Crippen LogP contribution in [0.15, 0.2) is 180 Å². The van der Waals surface area contributed by atoms with Crippen LogP contribution in [0.5, 0.6) is 0 Å². The molecule has 55 heavy (non-hydrogen) atoms. The molecular formula is C51H35N3O. The van der Waals surface area contributed by atoms with Crippen molar-refractivity contribution in [2.45, 2.75) is 19.3 Å². The average Bonchev–Trinajstić information content (AvgIpc) is 3.71. The third kappa shape index (κ3) is 4.92. The lowest BCUT2D eigenvalue weighted by Crippen LogP contribution is -2.17. The Morgan fingerprint density at radius 1 is 0.473 bits per heavy atom. The first kappa shape index (κ1) is 31.5. The van der Waals surface area contributed by atoms with Gasteiger partial charge in [-0.3, -0.25) is 4.90 Å². The first-order chi connectivity index (χ1) is 27.0. The van der Waals surface area contributed by atoms with Crippen molar-refractivity contribution in [3.8, 4) is 33.5 Å². The highest BCUT2D eigenvalue weighted by Gasteiger charge is 2.36. The summed E-state index contributed by atoms with van der Waals surface area (Å²) in [6.45, 7) is 4.64. The van der Waals surface area contributed by atoms with Crippen LogP contribution in [-0.2, 0) is 5.41 Å². The summed E-state index contributed by atoms with van der Waals surface area (Å²) in [6, 6.07) is 62.3. The maximum absolute atomic E-state index is 6.75. The molecule has 0 bridgehead atoms. The molecule has 0 unspecified atom stereocenters. The Kier molecular flexibility index (Phi) is 6.86. The molecule has 0 radical (unpaired) electrons. The Labute approximate surface area is 319 Å². The van der Waals surface area contributed by atoms with Gasteiger partial charge < -0.3 is 4.42 Å². The van der Waals surface area contributed by atoms with Crippen LogP contribution in [-0.4, -0.2) is 9.97 Å². The summed E-state index contributed by atoms with van der Waals surface area (Å²) in [5, 5.41) is 5.47. The maximum Gasteiger partial charge on any atom is 0.235 e. The predicted molar refractivity (Wildman–Crippen MR) is 227 cm³/mol. The second kappa shape index (κ2) is 12.0. The summed E-state index contributed by atoms with van der Waals surface area (Å²) >= 11 is 0. The van der Waals surface area contributed by atoms with E-state index in [1.165, 1.54) is 33.2 Å². The van der Waals surface area contributed by atoms with Crippen LogP contribution >= 0.6 is 0 Å². The zero-order valence-electron chi connectivity index (χ0n) is 30.5. The van der Waals surface area contributed by atoms with Gasteiger partial charge in [0.15, 0.2) is 0 Å². The summed E-state index contributed by atoms with van der Waals surface area (Å²) in [6.07, 6.45) is 0. The molecule has 4 nitrogen and oxygen atoms in total. The van der Waals surface area contributed by atoms with Gasteiger partial charge in [-0.2, -0.15) is 0 Å². The van der Waals surface area contributed by atoms with Crippen molar-refractivity contribution in [1.82, 2.24) is 9.97 Å². The molecule has 0 amide bonds. The van der Waals surface area contributed by atoms with Gasteiger partial charge in [0.1, 0.15) is 11.2 Å². The van der Waals surface area contributed by atoms with Crippen molar-refractivity contribution >= 4 is 60.9 Å². The van der Waals surface area contributed by atoms with E-state index in [9.17, 15) is 0 Å². The standard InChI is InChI=1S/C51H35N3O/c1-51(2)44-21-10-8-17-38(44)39-28-27-37(31-45(39)51)54(36-25-23-33(24-26-36)32-13-4-3-5-14-32)50-52-46-22-11-9-18-41(46)48(53-50)42-20-12-19-40-43-29-34-15-6-7-16-35(34)30-47(43)55-49(40)42/h3-31H,1-2H3. The van der Waals surface area contributed by atoms with Crippen molar-refractivity contribution < 1.29 is 4.42 Å². The summed E-state index contributed by atoms with van der Waals surface area (Å²) in [4.78, 5) is 13.0. The van der Waals surface area contributed by atoms with E-state index in [0.29, 0.717) is 5.95 Å². The minimum absolute atomic E-state index is 0.165. The lowest BCUT2D eigenvalue weighted by molar-refractivity contribution is 0.660. The SMILES string of the molecule is CC1(C)c2ccccc2-c2ccc(N(c3ccc(-c4ccccc4)cc3)c3nc(-c4cccc5c4oc4cc6ccccc6cc45)c4ccccc4n3)cc21. The van der Waals surface area contributed by atoms with Gasteiger partial charge >= 0.3 is 0 Å². The van der Waals surface area contributed by atoms with Crippen molar-refractivity contribution in [3.05, 3.63) is 187 Å². The number of benzene rings is 8.